The first-order valence-corrected chi connectivity index (χ1v) is 6.12. The van der Waals surface area contributed by atoms with E-state index < -0.39 is 0 Å². The third kappa shape index (κ3) is 2.87. The molecule has 0 spiro atoms. The third-order valence-corrected chi connectivity index (χ3v) is 2.90. The number of halogens is 1. The van der Waals surface area contributed by atoms with Crippen LogP contribution in [-0.4, -0.2) is 10.9 Å². The summed E-state index contributed by atoms with van der Waals surface area (Å²) in [6, 6.07) is 11.0. The molecule has 0 radical (unpaired) electrons. The molecule has 3 nitrogen and oxygen atoms in total. The predicted molar refractivity (Wildman–Crippen MR) is 72.9 cm³/mol. The highest BCUT2D eigenvalue weighted by molar-refractivity contribution is 6.17. The van der Waals surface area contributed by atoms with E-state index in [4.69, 9.17) is 11.6 Å². The molecule has 0 aliphatic carbocycles. The summed E-state index contributed by atoms with van der Waals surface area (Å²) in [5.41, 5.74) is 3.00. The van der Waals surface area contributed by atoms with Crippen molar-refractivity contribution in [3.05, 3.63) is 59.4 Å². The highest BCUT2D eigenvalue weighted by Crippen LogP contribution is 2.14. The number of hydrogen-bond donors (Lipinski definition) is 1. The lowest BCUT2D eigenvalue weighted by molar-refractivity contribution is 0.102. The number of pyridine rings is 1. The van der Waals surface area contributed by atoms with Crippen LogP contribution in [0.4, 0.5) is 5.69 Å². The number of benzene rings is 1. The SMILES string of the molecule is Cc1ncccc1C(=O)Nc1cccc(CCl)c1. The average molecular weight is 261 g/mol. The van der Waals surface area contributed by atoms with Crippen molar-refractivity contribution in [2.75, 3.05) is 5.32 Å². The molecule has 92 valence electrons. The van der Waals surface area contributed by atoms with E-state index in [9.17, 15) is 4.79 Å². The second-order valence-electron chi connectivity index (χ2n) is 3.92. The molecule has 0 saturated heterocycles. The van der Waals surface area contributed by atoms with Gasteiger partial charge in [-0.2, -0.15) is 0 Å². The molecule has 0 fully saturated rings. The van der Waals surface area contributed by atoms with Crippen LogP contribution in [0.5, 0.6) is 0 Å². The topological polar surface area (TPSA) is 42.0 Å². The van der Waals surface area contributed by atoms with Crippen molar-refractivity contribution in [3.63, 3.8) is 0 Å². The third-order valence-electron chi connectivity index (χ3n) is 2.59. The molecule has 1 aromatic heterocycles. The second kappa shape index (κ2) is 5.65. The number of carbonyl (C=O) groups excluding carboxylic acids is 1. The molecule has 1 N–H and O–H groups in total. The van der Waals surface area contributed by atoms with Gasteiger partial charge >= 0.3 is 0 Å². The number of nitrogens with one attached hydrogen (secondary N) is 1. The Balaban J connectivity index is 2.19. The maximum Gasteiger partial charge on any atom is 0.257 e. The number of amides is 1. The van der Waals surface area contributed by atoms with Gasteiger partial charge in [-0.15, -0.1) is 11.6 Å². The van der Waals surface area contributed by atoms with Gasteiger partial charge in [0.2, 0.25) is 0 Å². The molecule has 2 aromatic rings. The van der Waals surface area contributed by atoms with Crippen LogP contribution < -0.4 is 5.32 Å². The van der Waals surface area contributed by atoms with Crippen LogP contribution in [0.3, 0.4) is 0 Å². The van der Waals surface area contributed by atoms with E-state index in [1.165, 1.54) is 0 Å². The quantitative estimate of drug-likeness (QED) is 0.860. The van der Waals surface area contributed by atoms with Crippen LogP contribution in [0.15, 0.2) is 42.6 Å². The highest BCUT2D eigenvalue weighted by Gasteiger charge is 2.09. The van der Waals surface area contributed by atoms with Crippen molar-refractivity contribution in [2.24, 2.45) is 0 Å². The van der Waals surface area contributed by atoms with Gasteiger partial charge in [0, 0.05) is 23.5 Å². The summed E-state index contributed by atoms with van der Waals surface area (Å²) in [6.07, 6.45) is 1.67. The van der Waals surface area contributed by atoms with Crippen LogP contribution in [-0.2, 0) is 5.88 Å². The van der Waals surface area contributed by atoms with Crippen molar-refractivity contribution in [3.8, 4) is 0 Å². The van der Waals surface area contributed by atoms with Crippen LogP contribution >= 0.6 is 11.6 Å². The van der Waals surface area contributed by atoms with Gasteiger partial charge in [-0.3, -0.25) is 9.78 Å². The van der Waals surface area contributed by atoms with Crippen molar-refractivity contribution in [1.82, 2.24) is 4.98 Å². The first-order valence-electron chi connectivity index (χ1n) is 5.58. The molecule has 1 aromatic carbocycles. The fraction of sp³-hybridized carbons (Fsp3) is 0.143. The lowest BCUT2D eigenvalue weighted by Gasteiger charge is -2.07. The number of alkyl halides is 1. The zero-order chi connectivity index (χ0) is 13.0. The molecule has 0 aliphatic rings. The predicted octanol–water partition coefficient (Wildman–Crippen LogP) is 3.38. The molecule has 4 heteroatoms. The van der Waals surface area contributed by atoms with Gasteiger partial charge < -0.3 is 5.32 Å². The molecule has 0 atom stereocenters. The number of hydrogen-bond acceptors (Lipinski definition) is 2. The molecule has 0 aliphatic heterocycles. The number of anilines is 1. The van der Waals surface area contributed by atoms with Crippen molar-refractivity contribution < 1.29 is 4.79 Å². The Morgan fingerprint density at radius 1 is 1.33 bits per heavy atom. The number of nitrogens with zero attached hydrogens (tertiary/aromatic N) is 1. The molecule has 1 heterocycles. The largest absolute Gasteiger partial charge is 0.322 e. The average Bonchev–Trinajstić information content (AvgIpc) is 2.39. The van der Waals surface area contributed by atoms with Crippen molar-refractivity contribution >= 4 is 23.2 Å². The lowest BCUT2D eigenvalue weighted by atomic mass is 10.1. The Hall–Kier alpha value is -1.87. The van der Waals surface area contributed by atoms with E-state index in [2.05, 4.69) is 10.3 Å². The first kappa shape index (κ1) is 12.6. The maximum absolute atomic E-state index is 12.1. The molecule has 0 saturated carbocycles. The van der Waals surface area contributed by atoms with Gasteiger partial charge in [-0.25, -0.2) is 0 Å². The summed E-state index contributed by atoms with van der Waals surface area (Å²) >= 11 is 5.75. The Kier molecular flexibility index (Phi) is 3.95. The van der Waals surface area contributed by atoms with Gasteiger partial charge in [0.15, 0.2) is 0 Å². The summed E-state index contributed by atoms with van der Waals surface area (Å²) in [5, 5.41) is 2.84. The zero-order valence-electron chi connectivity index (χ0n) is 9.98. The zero-order valence-corrected chi connectivity index (χ0v) is 10.7. The van der Waals surface area contributed by atoms with Crippen LogP contribution in [0.1, 0.15) is 21.6 Å². The maximum atomic E-state index is 12.1. The summed E-state index contributed by atoms with van der Waals surface area (Å²) in [5.74, 6) is 0.266. The molecule has 0 unspecified atom stereocenters. The number of aromatic nitrogens is 1. The van der Waals surface area contributed by atoms with E-state index in [1.807, 2.05) is 31.2 Å². The number of aryl methyl sites for hydroxylation is 1. The van der Waals surface area contributed by atoms with Crippen molar-refractivity contribution in [2.45, 2.75) is 12.8 Å². The van der Waals surface area contributed by atoms with Crippen LogP contribution in [0.2, 0.25) is 0 Å². The summed E-state index contributed by atoms with van der Waals surface area (Å²) in [6.45, 7) is 1.81. The van der Waals surface area contributed by atoms with E-state index in [1.54, 1.807) is 18.3 Å². The van der Waals surface area contributed by atoms with E-state index in [0.29, 0.717) is 17.1 Å². The fourth-order valence-electron chi connectivity index (χ4n) is 1.65. The number of rotatable bonds is 3. The smallest absolute Gasteiger partial charge is 0.257 e. The van der Waals surface area contributed by atoms with Crippen LogP contribution in [0, 0.1) is 6.92 Å². The van der Waals surface area contributed by atoms with Crippen molar-refractivity contribution in [1.29, 1.82) is 0 Å². The summed E-state index contributed by atoms with van der Waals surface area (Å²) < 4.78 is 0. The van der Waals surface area contributed by atoms with E-state index in [0.717, 1.165) is 11.3 Å². The van der Waals surface area contributed by atoms with Gasteiger partial charge in [0.1, 0.15) is 0 Å². The second-order valence-corrected chi connectivity index (χ2v) is 4.19. The Labute approximate surface area is 111 Å². The summed E-state index contributed by atoms with van der Waals surface area (Å²) in [4.78, 5) is 16.1. The van der Waals surface area contributed by atoms with E-state index >= 15 is 0 Å². The van der Waals surface area contributed by atoms with E-state index in [-0.39, 0.29) is 5.91 Å². The molecular formula is C14H13ClN2O. The Morgan fingerprint density at radius 2 is 2.17 bits per heavy atom. The molecule has 2 rings (SSSR count). The van der Waals surface area contributed by atoms with Gasteiger partial charge in [-0.1, -0.05) is 12.1 Å². The van der Waals surface area contributed by atoms with Gasteiger partial charge in [-0.05, 0) is 36.8 Å². The highest BCUT2D eigenvalue weighted by atomic mass is 35.5. The lowest BCUT2D eigenvalue weighted by Crippen LogP contribution is -2.13. The summed E-state index contributed by atoms with van der Waals surface area (Å²) in [7, 11) is 0. The van der Waals surface area contributed by atoms with Gasteiger partial charge in [0.05, 0.1) is 5.56 Å². The Bertz CT molecular complexity index is 569. The minimum atomic E-state index is -0.160. The molecular weight excluding hydrogens is 248 g/mol. The Morgan fingerprint density at radius 3 is 2.89 bits per heavy atom. The van der Waals surface area contributed by atoms with Crippen LogP contribution in [0.25, 0.3) is 0 Å². The number of carbonyl (C=O) groups is 1. The molecule has 18 heavy (non-hydrogen) atoms. The van der Waals surface area contributed by atoms with Gasteiger partial charge in [0.25, 0.3) is 5.91 Å². The minimum absolute atomic E-state index is 0.160. The normalized spacial score (nSPS) is 10.1. The fourth-order valence-corrected chi connectivity index (χ4v) is 1.82. The monoisotopic (exact) mass is 260 g/mol. The minimum Gasteiger partial charge on any atom is -0.322 e. The standard InChI is InChI=1S/C14H13ClN2O/c1-10-13(6-3-7-16-10)14(18)17-12-5-2-4-11(8-12)9-15/h2-8H,9H2,1H3,(H,17,18). The molecule has 0 bridgehead atoms. The first-order chi connectivity index (χ1) is 8.70. The molecule has 1 amide bonds.